The van der Waals surface area contributed by atoms with E-state index in [1.165, 1.54) is 0 Å². The van der Waals surface area contributed by atoms with Crippen LogP contribution in [0.5, 0.6) is 0 Å². The molecule has 0 N–H and O–H groups in total. The first kappa shape index (κ1) is 33.8. The minimum atomic E-state index is -0.0686. The molecular formula is C52H34N4O. The first-order valence-electron chi connectivity index (χ1n) is 19.0. The van der Waals surface area contributed by atoms with Gasteiger partial charge in [0.05, 0.1) is 5.52 Å². The molecule has 0 unspecified atom stereocenters. The monoisotopic (exact) mass is 730 g/mol. The van der Waals surface area contributed by atoms with Crippen molar-refractivity contribution in [3.63, 3.8) is 0 Å². The Kier molecular flexibility index (Phi) is 8.58. The highest BCUT2D eigenvalue weighted by atomic mass is 16.1. The molecule has 0 aliphatic rings. The number of nitrogens with zero attached hydrogens (tertiary/aromatic N) is 4. The molecule has 0 spiro atoms. The largest absolute Gasteiger partial charge is 0.276 e. The average molecular weight is 731 g/mol. The molecule has 2 heterocycles. The predicted octanol–water partition coefficient (Wildman–Crippen LogP) is 12.3. The molecule has 0 saturated heterocycles. The molecule has 2 aromatic heterocycles. The van der Waals surface area contributed by atoms with Gasteiger partial charge in [0.1, 0.15) is 0 Å². The van der Waals surface area contributed by atoms with Crippen LogP contribution in [0.15, 0.2) is 211 Å². The van der Waals surface area contributed by atoms with Crippen LogP contribution in [-0.2, 0) is 0 Å². The van der Waals surface area contributed by atoms with Crippen molar-refractivity contribution in [2.75, 3.05) is 0 Å². The Bertz CT molecular complexity index is 2990. The van der Waals surface area contributed by atoms with E-state index in [0.717, 1.165) is 72.0 Å². The van der Waals surface area contributed by atoms with Crippen molar-refractivity contribution in [2.24, 2.45) is 0 Å². The maximum absolute atomic E-state index is 14.2. The summed E-state index contributed by atoms with van der Waals surface area (Å²) in [6.45, 7) is 0. The van der Waals surface area contributed by atoms with E-state index < -0.39 is 0 Å². The molecule has 0 fully saturated rings. The summed E-state index contributed by atoms with van der Waals surface area (Å²) < 4.78 is 1.81. The van der Waals surface area contributed by atoms with E-state index in [1.807, 2.05) is 108 Å². The third-order valence-corrected chi connectivity index (χ3v) is 10.5. The zero-order chi connectivity index (χ0) is 38.1. The van der Waals surface area contributed by atoms with Crippen LogP contribution in [0.1, 0.15) is 0 Å². The SMILES string of the molecule is O=c1c2ccccc2c2cc(-c3nc(-c4ccc(-c5ccccc5)cc4)nc(-c4ccc(-c5ccccc5)cc4)n3)ccc2n1-c1ccc(-c2ccccc2)cc1. The molecule has 0 saturated carbocycles. The Hall–Kier alpha value is -7.76. The highest BCUT2D eigenvalue weighted by molar-refractivity contribution is 6.07. The molecular weight excluding hydrogens is 697 g/mol. The number of hydrogen-bond donors (Lipinski definition) is 0. The number of rotatable bonds is 7. The van der Waals surface area contributed by atoms with E-state index in [0.29, 0.717) is 22.9 Å². The van der Waals surface area contributed by atoms with E-state index in [4.69, 9.17) is 15.0 Å². The van der Waals surface area contributed by atoms with Gasteiger partial charge < -0.3 is 0 Å². The summed E-state index contributed by atoms with van der Waals surface area (Å²) in [5.41, 5.74) is 10.9. The topological polar surface area (TPSA) is 60.7 Å². The lowest BCUT2D eigenvalue weighted by molar-refractivity contribution is 1.06. The minimum absolute atomic E-state index is 0.0686. The summed E-state index contributed by atoms with van der Waals surface area (Å²) in [5, 5.41) is 2.44. The molecule has 5 nitrogen and oxygen atoms in total. The second-order valence-electron chi connectivity index (χ2n) is 14.0. The minimum Gasteiger partial charge on any atom is -0.276 e. The summed E-state index contributed by atoms with van der Waals surface area (Å²) >= 11 is 0. The Labute approximate surface area is 329 Å². The van der Waals surface area contributed by atoms with Gasteiger partial charge in [-0.2, -0.15) is 0 Å². The molecule has 0 amide bonds. The second kappa shape index (κ2) is 14.5. The van der Waals surface area contributed by atoms with Gasteiger partial charge in [-0.05, 0) is 75.2 Å². The van der Waals surface area contributed by atoms with Crippen molar-refractivity contribution in [3.05, 3.63) is 217 Å². The van der Waals surface area contributed by atoms with E-state index in [9.17, 15) is 4.79 Å². The van der Waals surface area contributed by atoms with Crippen molar-refractivity contribution in [3.8, 4) is 73.2 Å². The van der Waals surface area contributed by atoms with Crippen molar-refractivity contribution < 1.29 is 0 Å². The first-order chi connectivity index (χ1) is 28.2. The van der Waals surface area contributed by atoms with Crippen LogP contribution in [0.2, 0.25) is 0 Å². The number of hydrogen-bond acceptors (Lipinski definition) is 4. The Balaban J connectivity index is 1.12. The van der Waals surface area contributed by atoms with Gasteiger partial charge >= 0.3 is 0 Å². The molecule has 5 heteroatoms. The highest BCUT2D eigenvalue weighted by Crippen LogP contribution is 2.33. The fourth-order valence-electron chi connectivity index (χ4n) is 7.56. The fourth-order valence-corrected chi connectivity index (χ4v) is 7.56. The summed E-state index contributed by atoms with van der Waals surface area (Å²) in [5.74, 6) is 1.70. The summed E-state index contributed by atoms with van der Waals surface area (Å²) in [6.07, 6.45) is 0. The van der Waals surface area contributed by atoms with Crippen LogP contribution in [-0.4, -0.2) is 19.5 Å². The highest BCUT2D eigenvalue weighted by Gasteiger charge is 2.17. The number of pyridine rings is 1. The van der Waals surface area contributed by atoms with Crippen LogP contribution < -0.4 is 5.56 Å². The van der Waals surface area contributed by atoms with E-state index in [2.05, 4.69) is 103 Å². The van der Waals surface area contributed by atoms with Crippen LogP contribution in [0, 0.1) is 0 Å². The van der Waals surface area contributed by atoms with Gasteiger partial charge in [-0.1, -0.05) is 170 Å². The molecule has 0 aliphatic carbocycles. The lowest BCUT2D eigenvalue weighted by atomic mass is 10.0. The number of benzene rings is 8. The summed E-state index contributed by atoms with van der Waals surface area (Å²) in [7, 11) is 0. The van der Waals surface area contributed by atoms with Crippen LogP contribution in [0.25, 0.3) is 94.9 Å². The van der Waals surface area contributed by atoms with Gasteiger partial charge in [0.15, 0.2) is 17.5 Å². The molecule has 10 rings (SSSR count). The smallest absolute Gasteiger partial charge is 0.263 e. The summed E-state index contributed by atoms with van der Waals surface area (Å²) in [6, 6.07) is 69.7. The van der Waals surface area contributed by atoms with Gasteiger partial charge in [0.25, 0.3) is 5.56 Å². The molecule has 10 aromatic rings. The Morgan fingerprint density at radius 1 is 0.298 bits per heavy atom. The van der Waals surface area contributed by atoms with Crippen molar-refractivity contribution in [1.29, 1.82) is 0 Å². The average Bonchev–Trinajstić information content (AvgIpc) is 3.30. The van der Waals surface area contributed by atoms with Gasteiger partial charge in [0.2, 0.25) is 0 Å². The molecule has 57 heavy (non-hydrogen) atoms. The maximum Gasteiger partial charge on any atom is 0.263 e. The zero-order valence-corrected chi connectivity index (χ0v) is 30.8. The Morgan fingerprint density at radius 2 is 0.649 bits per heavy atom. The molecule has 0 atom stereocenters. The number of fused-ring (bicyclic) bond motifs is 3. The van der Waals surface area contributed by atoms with Crippen LogP contribution in [0.4, 0.5) is 0 Å². The van der Waals surface area contributed by atoms with Gasteiger partial charge in [-0.3, -0.25) is 9.36 Å². The summed E-state index contributed by atoms with van der Waals surface area (Å²) in [4.78, 5) is 29.5. The van der Waals surface area contributed by atoms with Gasteiger partial charge in [-0.15, -0.1) is 0 Å². The van der Waals surface area contributed by atoms with Crippen molar-refractivity contribution >= 4 is 21.7 Å². The molecule has 0 radical (unpaired) electrons. The molecule has 0 bridgehead atoms. The van der Waals surface area contributed by atoms with Gasteiger partial charge in [0, 0.05) is 33.2 Å². The van der Waals surface area contributed by atoms with Gasteiger partial charge in [-0.25, -0.2) is 15.0 Å². The first-order valence-corrected chi connectivity index (χ1v) is 19.0. The molecule has 268 valence electrons. The number of aromatic nitrogens is 4. The predicted molar refractivity (Wildman–Crippen MR) is 233 cm³/mol. The standard InChI is InChI=1S/C52H34N4O/c57-52-46-19-11-10-18-45(46)47-34-43(30-33-48(47)56(52)44-31-28-40(29-32-44)37-16-8-3-9-17-37)51-54-49(41-24-20-38(21-25-41)35-12-4-1-5-13-35)53-50(55-51)42-26-22-39(23-27-42)36-14-6-2-7-15-36/h1-34H. The fraction of sp³-hybridized carbons (Fsp3) is 0. The zero-order valence-electron chi connectivity index (χ0n) is 30.8. The van der Waals surface area contributed by atoms with Crippen molar-refractivity contribution in [1.82, 2.24) is 19.5 Å². The van der Waals surface area contributed by atoms with Crippen molar-refractivity contribution in [2.45, 2.75) is 0 Å². The second-order valence-corrected chi connectivity index (χ2v) is 14.0. The maximum atomic E-state index is 14.2. The lowest BCUT2D eigenvalue weighted by Crippen LogP contribution is -2.19. The molecule has 8 aromatic carbocycles. The third-order valence-electron chi connectivity index (χ3n) is 10.5. The van der Waals surface area contributed by atoms with E-state index in [1.54, 1.807) is 0 Å². The quantitative estimate of drug-likeness (QED) is 0.153. The lowest BCUT2D eigenvalue weighted by Gasteiger charge is -2.15. The normalized spacial score (nSPS) is 11.2. The van der Waals surface area contributed by atoms with Crippen LogP contribution >= 0.6 is 0 Å². The Morgan fingerprint density at radius 3 is 1.12 bits per heavy atom. The van der Waals surface area contributed by atoms with E-state index in [-0.39, 0.29) is 5.56 Å². The molecule has 0 aliphatic heterocycles. The third kappa shape index (κ3) is 6.47. The van der Waals surface area contributed by atoms with E-state index >= 15 is 0 Å². The van der Waals surface area contributed by atoms with Crippen LogP contribution in [0.3, 0.4) is 0 Å².